The van der Waals surface area contributed by atoms with E-state index in [1.807, 2.05) is 25.1 Å². The highest BCUT2D eigenvalue weighted by Gasteiger charge is 2.11. The number of anilines is 1. The van der Waals surface area contributed by atoms with Gasteiger partial charge in [0.25, 0.3) is 0 Å². The zero-order valence-corrected chi connectivity index (χ0v) is 10.4. The summed E-state index contributed by atoms with van der Waals surface area (Å²) in [6.45, 7) is 3.12. The topological polar surface area (TPSA) is 57.4 Å². The summed E-state index contributed by atoms with van der Waals surface area (Å²) in [7, 11) is 0. The monoisotopic (exact) mass is 246 g/mol. The number of nitrogens with zero attached hydrogens (tertiary/aromatic N) is 1. The predicted octanol–water partition coefficient (Wildman–Crippen LogP) is 2.57. The van der Waals surface area contributed by atoms with Gasteiger partial charge in [-0.1, -0.05) is 30.3 Å². The van der Waals surface area contributed by atoms with Gasteiger partial charge in [0.15, 0.2) is 5.88 Å². The summed E-state index contributed by atoms with van der Waals surface area (Å²) in [6.07, 6.45) is 0.873. The van der Waals surface area contributed by atoms with Gasteiger partial charge < -0.3 is 15.5 Å². The van der Waals surface area contributed by atoms with E-state index in [4.69, 9.17) is 0 Å². The van der Waals surface area contributed by atoms with Gasteiger partial charge >= 0.3 is 0 Å². The summed E-state index contributed by atoms with van der Waals surface area (Å²) in [6, 6.07) is 11.7. The van der Waals surface area contributed by atoms with Crippen molar-refractivity contribution in [1.29, 1.82) is 0 Å². The second kappa shape index (κ2) is 5.49. The summed E-state index contributed by atoms with van der Waals surface area (Å²) in [5, 5.41) is 22.6. The average molecular weight is 246 g/mol. The third kappa shape index (κ3) is 2.59. The first kappa shape index (κ1) is 12.4. The van der Waals surface area contributed by atoms with Crippen LogP contribution in [0.2, 0.25) is 0 Å². The molecule has 0 bridgehead atoms. The molecule has 0 radical (unpaired) electrons. The molecule has 2 aromatic rings. The molecule has 0 atom stereocenters. The fourth-order valence-electron chi connectivity index (χ4n) is 1.95. The van der Waals surface area contributed by atoms with Crippen molar-refractivity contribution in [2.45, 2.75) is 19.9 Å². The fourth-order valence-corrected chi connectivity index (χ4v) is 1.95. The van der Waals surface area contributed by atoms with Crippen molar-refractivity contribution in [3.63, 3.8) is 0 Å². The predicted molar refractivity (Wildman–Crippen MR) is 72.1 cm³/mol. The van der Waals surface area contributed by atoms with E-state index < -0.39 is 0 Å². The molecule has 0 spiro atoms. The van der Waals surface area contributed by atoms with Gasteiger partial charge in [0.05, 0.1) is 0 Å². The van der Waals surface area contributed by atoms with Gasteiger partial charge in [0.1, 0.15) is 5.69 Å². The molecular formula is C14H18N2O2. The van der Waals surface area contributed by atoms with E-state index >= 15 is 0 Å². The van der Waals surface area contributed by atoms with Crippen LogP contribution in [0.4, 0.5) is 5.69 Å². The van der Waals surface area contributed by atoms with E-state index in [0.29, 0.717) is 18.8 Å². The molecule has 3 N–H and O–H groups in total. The van der Waals surface area contributed by atoms with Crippen molar-refractivity contribution >= 4 is 5.69 Å². The van der Waals surface area contributed by atoms with Gasteiger partial charge in [-0.25, -0.2) is 0 Å². The number of rotatable bonds is 5. The molecule has 0 saturated heterocycles. The summed E-state index contributed by atoms with van der Waals surface area (Å²) in [5.41, 5.74) is 1.81. The van der Waals surface area contributed by atoms with Crippen LogP contribution >= 0.6 is 0 Å². The van der Waals surface area contributed by atoms with E-state index in [-0.39, 0.29) is 11.8 Å². The molecule has 1 aromatic heterocycles. The van der Waals surface area contributed by atoms with Crippen LogP contribution < -0.4 is 5.32 Å². The first-order valence-corrected chi connectivity index (χ1v) is 6.11. The summed E-state index contributed by atoms with van der Waals surface area (Å²) in [4.78, 5) is 0. The maximum atomic E-state index is 9.85. The Morgan fingerprint density at radius 3 is 2.50 bits per heavy atom. The molecule has 96 valence electrons. The summed E-state index contributed by atoms with van der Waals surface area (Å²) >= 11 is 0. The second-order valence-corrected chi connectivity index (χ2v) is 4.15. The summed E-state index contributed by atoms with van der Waals surface area (Å²) in [5.74, 6) is 0.167. The molecule has 0 aliphatic rings. The SMILES string of the molecule is CCn1c(O)cc(NCCc2ccccc2)c1O. The number of benzene rings is 1. The molecule has 18 heavy (non-hydrogen) atoms. The molecule has 0 fully saturated rings. The van der Waals surface area contributed by atoms with Gasteiger partial charge in [-0.05, 0) is 18.9 Å². The highest BCUT2D eigenvalue weighted by molar-refractivity contribution is 5.57. The molecule has 1 heterocycles. The van der Waals surface area contributed by atoms with E-state index in [2.05, 4.69) is 17.4 Å². The molecule has 0 aliphatic carbocycles. The number of hydrogen-bond acceptors (Lipinski definition) is 3. The van der Waals surface area contributed by atoms with Crippen molar-refractivity contribution in [2.75, 3.05) is 11.9 Å². The normalized spacial score (nSPS) is 10.5. The number of aromatic hydroxyl groups is 2. The van der Waals surface area contributed by atoms with Crippen molar-refractivity contribution in [3.8, 4) is 11.8 Å². The maximum absolute atomic E-state index is 9.85. The van der Waals surface area contributed by atoms with Gasteiger partial charge in [0.2, 0.25) is 5.88 Å². The molecular weight excluding hydrogens is 228 g/mol. The average Bonchev–Trinajstić information content (AvgIpc) is 2.65. The van der Waals surface area contributed by atoms with Crippen LogP contribution in [0.15, 0.2) is 36.4 Å². The molecule has 0 aliphatic heterocycles. The first-order valence-electron chi connectivity index (χ1n) is 6.11. The third-order valence-corrected chi connectivity index (χ3v) is 2.93. The van der Waals surface area contributed by atoms with Crippen LogP contribution in [-0.4, -0.2) is 21.3 Å². The Kier molecular flexibility index (Phi) is 3.77. The van der Waals surface area contributed by atoms with Crippen LogP contribution in [0.5, 0.6) is 11.8 Å². The van der Waals surface area contributed by atoms with Gasteiger partial charge in [-0.3, -0.25) is 4.57 Å². The van der Waals surface area contributed by atoms with E-state index in [0.717, 1.165) is 6.42 Å². The highest BCUT2D eigenvalue weighted by atomic mass is 16.3. The Labute approximate surface area is 107 Å². The minimum atomic E-state index is 0.0808. The zero-order chi connectivity index (χ0) is 13.0. The molecule has 0 unspecified atom stereocenters. The van der Waals surface area contributed by atoms with E-state index in [1.54, 1.807) is 6.07 Å². The quantitative estimate of drug-likeness (QED) is 0.760. The lowest BCUT2D eigenvalue weighted by Crippen LogP contribution is -2.04. The molecule has 0 saturated carbocycles. The Bertz CT molecular complexity index is 506. The lowest BCUT2D eigenvalue weighted by molar-refractivity contribution is 0.374. The Balaban J connectivity index is 1.95. The number of hydrogen-bond donors (Lipinski definition) is 3. The largest absolute Gasteiger partial charge is 0.494 e. The Hall–Kier alpha value is -2.10. The van der Waals surface area contributed by atoms with E-state index in [9.17, 15) is 10.2 Å². The number of aromatic nitrogens is 1. The molecule has 1 aromatic carbocycles. The van der Waals surface area contributed by atoms with Gasteiger partial charge in [-0.2, -0.15) is 0 Å². The third-order valence-electron chi connectivity index (χ3n) is 2.93. The standard InChI is InChI=1S/C14H18N2O2/c1-2-16-13(17)10-12(14(16)18)15-9-8-11-6-4-3-5-7-11/h3-7,10,15,17-18H,2,8-9H2,1H3. The summed E-state index contributed by atoms with van der Waals surface area (Å²) < 4.78 is 1.45. The molecule has 4 heteroatoms. The van der Waals surface area contributed by atoms with Crippen LogP contribution in [0.1, 0.15) is 12.5 Å². The van der Waals surface area contributed by atoms with Crippen molar-refractivity contribution in [3.05, 3.63) is 42.0 Å². The van der Waals surface area contributed by atoms with E-state index in [1.165, 1.54) is 10.1 Å². The molecule has 2 rings (SSSR count). The van der Waals surface area contributed by atoms with Crippen LogP contribution in [-0.2, 0) is 13.0 Å². The minimum Gasteiger partial charge on any atom is -0.494 e. The van der Waals surface area contributed by atoms with Gasteiger partial charge in [-0.15, -0.1) is 0 Å². The fraction of sp³-hybridized carbons (Fsp3) is 0.286. The number of nitrogens with one attached hydrogen (secondary N) is 1. The van der Waals surface area contributed by atoms with Crippen molar-refractivity contribution in [2.24, 2.45) is 0 Å². The lowest BCUT2D eigenvalue weighted by Gasteiger charge is -2.06. The van der Waals surface area contributed by atoms with Crippen LogP contribution in [0, 0.1) is 0 Å². The van der Waals surface area contributed by atoms with Gasteiger partial charge in [0, 0.05) is 19.2 Å². The Morgan fingerprint density at radius 1 is 1.17 bits per heavy atom. The maximum Gasteiger partial charge on any atom is 0.218 e. The minimum absolute atomic E-state index is 0.0808. The highest BCUT2D eigenvalue weighted by Crippen LogP contribution is 2.31. The van der Waals surface area contributed by atoms with Crippen LogP contribution in [0.25, 0.3) is 0 Å². The smallest absolute Gasteiger partial charge is 0.218 e. The van der Waals surface area contributed by atoms with Crippen molar-refractivity contribution < 1.29 is 10.2 Å². The first-order chi connectivity index (χ1) is 8.72. The zero-order valence-electron chi connectivity index (χ0n) is 10.4. The second-order valence-electron chi connectivity index (χ2n) is 4.15. The molecule has 0 amide bonds. The lowest BCUT2D eigenvalue weighted by atomic mass is 10.1. The van der Waals surface area contributed by atoms with Crippen molar-refractivity contribution in [1.82, 2.24) is 4.57 Å². The van der Waals surface area contributed by atoms with Crippen LogP contribution in [0.3, 0.4) is 0 Å². The molecule has 4 nitrogen and oxygen atoms in total. The Morgan fingerprint density at radius 2 is 1.89 bits per heavy atom.